The van der Waals surface area contributed by atoms with Crippen molar-refractivity contribution in [1.82, 2.24) is 20.2 Å². The molecule has 0 atom stereocenters. The number of carbonyl (C=O) groups is 1. The van der Waals surface area contributed by atoms with Crippen molar-refractivity contribution in [3.63, 3.8) is 0 Å². The van der Waals surface area contributed by atoms with Crippen LogP contribution in [0, 0.1) is 11.3 Å². The van der Waals surface area contributed by atoms with E-state index in [0.717, 1.165) is 0 Å². The van der Waals surface area contributed by atoms with Crippen molar-refractivity contribution in [2.45, 2.75) is 0 Å². The van der Waals surface area contributed by atoms with E-state index in [1.807, 2.05) is 6.07 Å². The highest BCUT2D eigenvalue weighted by atomic mass is 16.1. The highest BCUT2D eigenvalue weighted by Gasteiger charge is 2.08. The molecule has 3 aromatic rings. The number of carbonyl (C=O) groups excluding carboxylic acids is 1. The van der Waals surface area contributed by atoms with Gasteiger partial charge in [-0.3, -0.25) is 4.79 Å². The molecule has 0 radical (unpaired) electrons. The molecule has 1 N–H and O–H groups in total. The zero-order chi connectivity index (χ0) is 15.4. The first-order chi connectivity index (χ1) is 10.8. The summed E-state index contributed by atoms with van der Waals surface area (Å²) < 4.78 is 1.47. The largest absolute Gasteiger partial charge is 0.322 e. The van der Waals surface area contributed by atoms with Crippen LogP contribution in [0.5, 0.6) is 0 Å². The molecule has 0 aliphatic heterocycles. The van der Waals surface area contributed by atoms with Gasteiger partial charge in [0.25, 0.3) is 5.91 Å². The highest BCUT2D eigenvalue weighted by Crippen LogP contribution is 2.13. The Kier molecular flexibility index (Phi) is 3.58. The standard InChI is InChI=1S/C15H10N6O/c16-9-11-4-6-13(7-5-11)18-15(22)12-2-1-3-14(8-12)21-10-17-19-20-21/h1-8,10H,(H,18,22). The number of hydrogen-bond donors (Lipinski definition) is 1. The Morgan fingerprint density at radius 1 is 1.18 bits per heavy atom. The molecule has 0 aliphatic rings. The monoisotopic (exact) mass is 290 g/mol. The minimum atomic E-state index is -0.250. The lowest BCUT2D eigenvalue weighted by Gasteiger charge is -2.06. The van der Waals surface area contributed by atoms with E-state index in [4.69, 9.17) is 5.26 Å². The first-order valence-corrected chi connectivity index (χ1v) is 6.41. The van der Waals surface area contributed by atoms with Gasteiger partial charge in [-0.15, -0.1) is 5.10 Å². The van der Waals surface area contributed by atoms with E-state index in [0.29, 0.717) is 22.5 Å². The molecule has 0 bridgehead atoms. The van der Waals surface area contributed by atoms with Crippen molar-refractivity contribution in [3.05, 3.63) is 66.0 Å². The molecule has 106 valence electrons. The van der Waals surface area contributed by atoms with Crippen LogP contribution < -0.4 is 5.32 Å². The van der Waals surface area contributed by atoms with Gasteiger partial charge >= 0.3 is 0 Å². The fourth-order valence-corrected chi connectivity index (χ4v) is 1.90. The lowest BCUT2D eigenvalue weighted by Crippen LogP contribution is -2.12. The van der Waals surface area contributed by atoms with E-state index in [1.165, 1.54) is 11.0 Å². The molecule has 3 rings (SSSR count). The lowest BCUT2D eigenvalue weighted by molar-refractivity contribution is 0.102. The third-order valence-electron chi connectivity index (χ3n) is 2.99. The van der Waals surface area contributed by atoms with Gasteiger partial charge in [0.05, 0.1) is 17.3 Å². The zero-order valence-electron chi connectivity index (χ0n) is 11.3. The first-order valence-electron chi connectivity index (χ1n) is 6.41. The molecule has 0 saturated carbocycles. The van der Waals surface area contributed by atoms with Gasteiger partial charge in [-0.05, 0) is 52.9 Å². The molecular weight excluding hydrogens is 280 g/mol. The number of hydrogen-bond acceptors (Lipinski definition) is 5. The van der Waals surface area contributed by atoms with Gasteiger partial charge in [-0.25, -0.2) is 4.68 Å². The van der Waals surface area contributed by atoms with Crippen molar-refractivity contribution >= 4 is 11.6 Å². The Morgan fingerprint density at radius 3 is 2.68 bits per heavy atom. The van der Waals surface area contributed by atoms with Crippen LogP contribution >= 0.6 is 0 Å². The SMILES string of the molecule is N#Cc1ccc(NC(=O)c2cccc(-n3cnnn3)c2)cc1. The molecule has 0 spiro atoms. The summed E-state index contributed by atoms with van der Waals surface area (Å²) in [5, 5.41) is 22.4. The Bertz CT molecular complexity index is 833. The Morgan fingerprint density at radius 2 is 2.00 bits per heavy atom. The van der Waals surface area contributed by atoms with Crippen molar-refractivity contribution in [1.29, 1.82) is 5.26 Å². The molecule has 7 nitrogen and oxygen atoms in total. The molecule has 7 heteroatoms. The minimum Gasteiger partial charge on any atom is -0.322 e. The lowest BCUT2D eigenvalue weighted by atomic mass is 10.1. The molecule has 0 aliphatic carbocycles. The van der Waals surface area contributed by atoms with Gasteiger partial charge < -0.3 is 5.32 Å². The molecule has 2 aromatic carbocycles. The maximum absolute atomic E-state index is 12.3. The summed E-state index contributed by atoms with van der Waals surface area (Å²) in [5.74, 6) is -0.250. The van der Waals surface area contributed by atoms with Crippen molar-refractivity contribution in [3.8, 4) is 11.8 Å². The average molecular weight is 290 g/mol. The van der Waals surface area contributed by atoms with E-state index in [-0.39, 0.29) is 5.91 Å². The second-order valence-electron chi connectivity index (χ2n) is 4.45. The summed E-state index contributed by atoms with van der Waals surface area (Å²) in [6.45, 7) is 0. The summed E-state index contributed by atoms with van der Waals surface area (Å²) in [4.78, 5) is 12.3. The number of nitrogens with one attached hydrogen (secondary N) is 1. The summed E-state index contributed by atoms with van der Waals surface area (Å²) in [7, 11) is 0. The molecular formula is C15H10N6O. The van der Waals surface area contributed by atoms with Crippen LogP contribution in [-0.2, 0) is 0 Å². The van der Waals surface area contributed by atoms with Crippen molar-refractivity contribution in [2.24, 2.45) is 0 Å². The number of aromatic nitrogens is 4. The number of nitrogens with zero attached hydrogens (tertiary/aromatic N) is 5. The van der Waals surface area contributed by atoms with Crippen LogP contribution in [0.25, 0.3) is 5.69 Å². The smallest absolute Gasteiger partial charge is 0.255 e. The predicted molar refractivity (Wildman–Crippen MR) is 78.3 cm³/mol. The van der Waals surface area contributed by atoms with E-state index in [9.17, 15) is 4.79 Å². The van der Waals surface area contributed by atoms with Gasteiger partial charge in [0.2, 0.25) is 0 Å². The average Bonchev–Trinajstić information content (AvgIpc) is 3.10. The minimum absolute atomic E-state index is 0.250. The van der Waals surface area contributed by atoms with Crippen LogP contribution in [0.1, 0.15) is 15.9 Å². The number of nitriles is 1. The molecule has 22 heavy (non-hydrogen) atoms. The van der Waals surface area contributed by atoms with Crippen LogP contribution in [-0.4, -0.2) is 26.1 Å². The second-order valence-corrected chi connectivity index (χ2v) is 4.45. The van der Waals surface area contributed by atoms with Gasteiger partial charge in [-0.2, -0.15) is 5.26 Å². The van der Waals surface area contributed by atoms with E-state index in [1.54, 1.807) is 48.5 Å². The normalized spacial score (nSPS) is 9.95. The number of anilines is 1. The molecule has 0 saturated heterocycles. The molecule has 1 heterocycles. The zero-order valence-corrected chi connectivity index (χ0v) is 11.3. The fourth-order valence-electron chi connectivity index (χ4n) is 1.90. The Hall–Kier alpha value is -3.53. The third-order valence-corrected chi connectivity index (χ3v) is 2.99. The molecule has 1 amide bonds. The fraction of sp³-hybridized carbons (Fsp3) is 0. The van der Waals surface area contributed by atoms with Gasteiger partial charge in [-0.1, -0.05) is 6.07 Å². The number of benzene rings is 2. The highest BCUT2D eigenvalue weighted by molar-refractivity contribution is 6.04. The topological polar surface area (TPSA) is 96.5 Å². The number of rotatable bonds is 3. The summed E-state index contributed by atoms with van der Waals surface area (Å²) in [6, 6.07) is 15.6. The van der Waals surface area contributed by atoms with Gasteiger partial charge in [0.15, 0.2) is 0 Å². The number of tetrazole rings is 1. The van der Waals surface area contributed by atoms with E-state index in [2.05, 4.69) is 20.8 Å². The van der Waals surface area contributed by atoms with Gasteiger partial charge in [0.1, 0.15) is 6.33 Å². The molecule has 0 unspecified atom stereocenters. The quantitative estimate of drug-likeness (QED) is 0.793. The van der Waals surface area contributed by atoms with Crippen molar-refractivity contribution < 1.29 is 4.79 Å². The second kappa shape index (κ2) is 5.85. The Labute approximate surface area is 125 Å². The first kappa shape index (κ1) is 13.5. The predicted octanol–water partition coefficient (Wildman–Crippen LogP) is 1.79. The maximum atomic E-state index is 12.3. The van der Waals surface area contributed by atoms with Crippen molar-refractivity contribution in [2.75, 3.05) is 5.32 Å². The van der Waals surface area contributed by atoms with E-state index < -0.39 is 0 Å². The number of amides is 1. The summed E-state index contributed by atoms with van der Waals surface area (Å²) >= 11 is 0. The van der Waals surface area contributed by atoms with Gasteiger partial charge in [0, 0.05) is 11.3 Å². The van der Waals surface area contributed by atoms with Crippen LogP contribution in [0.15, 0.2) is 54.9 Å². The third kappa shape index (κ3) is 2.81. The van der Waals surface area contributed by atoms with Crippen LogP contribution in [0.4, 0.5) is 5.69 Å². The summed E-state index contributed by atoms with van der Waals surface area (Å²) in [5.41, 5.74) is 2.34. The van der Waals surface area contributed by atoms with Crippen LogP contribution in [0.3, 0.4) is 0 Å². The molecule has 0 fully saturated rings. The summed E-state index contributed by atoms with van der Waals surface area (Å²) in [6.07, 6.45) is 1.46. The van der Waals surface area contributed by atoms with Crippen LogP contribution in [0.2, 0.25) is 0 Å². The molecule has 1 aromatic heterocycles. The Balaban J connectivity index is 1.80. The van der Waals surface area contributed by atoms with E-state index >= 15 is 0 Å². The maximum Gasteiger partial charge on any atom is 0.255 e.